The van der Waals surface area contributed by atoms with Crippen molar-refractivity contribution in [1.82, 2.24) is 0 Å². The van der Waals surface area contributed by atoms with Crippen LogP contribution in [0.2, 0.25) is 13.1 Å². The van der Waals surface area contributed by atoms with Crippen LogP contribution in [0.1, 0.15) is 27.3 Å². The Hall–Kier alpha value is -0.569. The molecule has 0 radical (unpaired) electrons. The molecule has 119 valence electrons. The third-order valence-corrected chi connectivity index (χ3v) is 9.74. The zero-order valence-corrected chi connectivity index (χ0v) is 17.7. The summed E-state index contributed by atoms with van der Waals surface area (Å²) in [6.45, 7) is 5.02. The Morgan fingerprint density at radius 1 is 1.08 bits per heavy atom. The van der Waals surface area contributed by atoms with E-state index in [2.05, 4.69) is 82.1 Å². The summed E-state index contributed by atoms with van der Waals surface area (Å²) < 4.78 is 0.526. The minimum Gasteiger partial charge on any atom is -1.00 e. The van der Waals surface area contributed by atoms with Crippen LogP contribution >= 0.6 is 0 Å². The molecular formula is C20H17Cl2SiTi. The fourth-order valence-electron chi connectivity index (χ4n) is 4.33. The minimum absolute atomic E-state index is 0. The first-order chi connectivity index (χ1) is 10.6. The molecule has 2 aromatic rings. The van der Waals surface area contributed by atoms with E-state index in [0.717, 1.165) is 6.42 Å². The molecular weight excluding hydrogens is 387 g/mol. The summed E-state index contributed by atoms with van der Waals surface area (Å²) in [6.07, 6.45) is 7.97. The van der Waals surface area contributed by atoms with Crippen LogP contribution in [0.15, 0.2) is 48.6 Å². The molecule has 1 unspecified atom stereocenters. The first-order valence-electron chi connectivity index (χ1n) is 7.99. The molecule has 2 aliphatic carbocycles. The number of fused-ring (bicyclic) bond motifs is 4. The summed E-state index contributed by atoms with van der Waals surface area (Å²) in [5, 5.41) is 3.43. The summed E-state index contributed by atoms with van der Waals surface area (Å²) >= 11 is 2.39. The van der Waals surface area contributed by atoms with Gasteiger partial charge >= 0.3 is 145 Å². The molecule has 0 aromatic heterocycles. The van der Waals surface area contributed by atoms with E-state index >= 15 is 0 Å². The Morgan fingerprint density at radius 2 is 1.83 bits per heavy atom. The van der Waals surface area contributed by atoms with Crippen molar-refractivity contribution in [3.63, 3.8) is 0 Å². The van der Waals surface area contributed by atoms with Crippen molar-refractivity contribution in [1.29, 1.82) is 0 Å². The van der Waals surface area contributed by atoms with E-state index in [1.54, 1.807) is 27.1 Å². The van der Waals surface area contributed by atoms with Crippen LogP contribution in [-0.4, -0.2) is 8.07 Å². The van der Waals surface area contributed by atoms with Crippen molar-refractivity contribution in [2.45, 2.75) is 23.7 Å². The van der Waals surface area contributed by atoms with Crippen molar-refractivity contribution in [3.05, 3.63) is 65.3 Å². The van der Waals surface area contributed by atoms with Gasteiger partial charge < -0.3 is 24.8 Å². The summed E-state index contributed by atoms with van der Waals surface area (Å²) in [6, 6.07) is 11.5. The molecule has 0 spiro atoms. The second kappa shape index (κ2) is 6.00. The predicted molar refractivity (Wildman–Crippen MR) is 92.2 cm³/mol. The SMILES string of the molecule is C[Si]1(C)c2cc3c(c(C4=CC=CC4)c21)[CH]([Ti+2])c1ccccc1-3.[Cl-].[Cl-]. The van der Waals surface area contributed by atoms with E-state index in [1.807, 2.05) is 0 Å². The smallest absolute Gasteiger partial charge is 1.00 e. The molecule has 0 saturated carbocycles. The van der Waals surface area contributed by atoms with Crippen LogP contribution < -0.4 is 35.2 Å². The fourth-order valence-corrected chi connectivity index (χ4v) is 8.56. The largest absolute Gasteiger partial charge is 1.00 e. The van der Waals surface area contributed by atoms with Crippen LogP contribution in [0.25, 0.3) is 16.7 Å². The molecule has 24 heavy (non-hydrogen) atoms. The zero-order valence-electron chi connectivity index (χ0n) is 13.7. The van der Waals surface area contributed by atoms with Crippen molar-refractivity contribution < 1.29 is 45.2 Å². The quantitative estimate of drug-likeness (QED) is 0.474. The predicted octanol–water partition coefficient (Wildman–Crippen LogP) is -2.21. The minimum atomic E-state index is -1.27. The third-order valence-electron chi connectivity index (χ3n) is 5.55. The average Bonchev–Trinajstić information content (AvgIpc) is 2.94. The van der Waals surface area contributed by atoms with Gasteiger partial charge in [-0.1, -0.05) is 0 Å². The Morgan fingerprint density at radius 3 is 2.54 bits per heavy atom. The molecule has 1 atom stereocenters. The number of halogens is 2. The van der Waals surface area contributed by atoms with E-state index < -0.39 is 8.07 Å². The summed E-state index contributed by atoms with van der Waals surface area (Å²) in [4.78, 5) is 0. The van der Waals surface area contributed by atoms with Crippen LogP contribution in [-0.2, 0) is 20.4 Å². The molecule has 0 nitrogen and oxygen atoms in total. The molecule has 1 aliphatic heterocycles. The maximum atomic E-state index is 2.53. The number of benzene rings is 2. The van der Waals surface area contributed by atoms with Gasteiger partial charge in [-0.15, -0.1) is 0 Å². The van der Waals surface area contributed by atoms with Crippen molar-refractivity contribution in [2.75, 3.05) is 0 Å². The molecule has 2 aromatic carbocycles. The molecule has 0 fully saturated rings. The summed E-state index contributed by atoms with van der Waals surface area (Å²) in [5.74, 6) is 0. The van der Waals surface area contributed by atoms with Gasteiger partial charge in [0.25, 0.3) is 0 Å². The van der Waals surface area contributed by atoms with E-state index in [0.29, 0.717) is 4.22 Å². The Balaban J connectivity index is 0.000000845. The van der Waals surface area contributed by atoms with Crippen LogP contribution in [0.3, 0.4) is 0 Å². The summed E-state index contributed by atoms with van der Waals surface area (Å²) in [7, 11) is -1.27. The first kappa shape index (κ1) is 18.2. The number of rotatable bonds is 1. The number of hydrogen-bond acceptors (Lipinski definition) is 0. The second-order valence-electron chi connectivity index (χ2n) is 7.10. The van der Waals surface area contributed by atoms with Gasteiger partial charge in [0.1, 0.15) is 0 Å². The van der Waals surface area contributed by atoms with Crippen LogP contribution in [0, 0.1) is 0 Å². The molecule has 0 amide bonds. The van der Waals surface area contributed by atoms with Gasteiger partial charge in [0.15, 0.2) is 0 Å². The Labute approximate surface area is 168 Å². The van der Waals surface area contributed by atoms with Crippen LogP contribution in [0.5, 0.6) is 0 Å². The number of allylic oxidation sites excluding steroid dienone is 4. The number of hydrogen-bond donors (Lipinski definition) is 0. The van der Waals surface area contributed by atoms with Crippen LogP contribution in [0.4, 0.5) is 0 Å². The van der Waals surface area contributed by atoms with Gasteiger partial charge in [-0.25, -0.2) is 0 Å². The Bertz CT molecular complexity index is 912. The van der Waals surface area contributed by atoms with E-state index in [9.17, 15) is 0 Å². The normalized spacial score (nSPS) is 20.3. The second-order valence-corrected chi connectivity index (χ2v) is 12.3. The van der Waals surface area contributed by atoms with Gasteiger partial charge in [0.2, 0.25) is 0 Å². The van der Waals surface area contributed by atoms with Crippen molar-refractivity contribution >= 4 is 24.0 Å². The Kier molecular flexibility index (Phi) is 4.56. The average molecular weight is 404 g/mol. The molecule has 4 heteroatoms. The zero-order chi connectivity index (χ0) is 15.1. The van der Waals surface area contributed by atoms with Crippen molar-refractivity contribution in [3.8, 4) is 11.1 Å². The van der Waals surface area contributed by atoms with Gasteiger partial charge in [-0.3, -0.25) is 0 Å². The fraction of sp³-hybridized carbons (Fsp3) is 0.200. The van der Waals surface area contributed by atoms with E-state index in [1.165, 1.54) is 16.7 Å². The topological polar surface area (TPSA) is 0 Å². The van der Waals surface area contributed by atoms with E-state index in [-0.39, 0.29) is 24.8 Å². The molecule has 5 rings (SSSR count). The van der Waals surface area contributed by atoms with Gasteiger partial charge in [-0.05, 0) is 0 Å². The monoisotopic (exact) mass is 403 g/mol. The molecule has 0 bridgehead atoms. The maximum absolute atomic E-state index is 2.53. The maximum Gasteiger partial charge on any atom is -1.00 e. The van der Waals surface area contributed by atoms with Gasteiger partial charge in [-0.2, -0.15) is 0 Å². The van der Waals surface area contributed by atoms with E-state index in [4.69, 9.17) is 0 Å². The third kappa shape index (κ3) is 2.22. The standard InChI is InChI=1S/C20H17Si.2ClH.Ti/c1-21(2)18-12-16-15-10-6-5-9-14(15)11-17(16)19(20(18)21)13-7-3-4-8-13;;;/h3-7,9-12H,8H2,1-2H3;2*1H;/q;;;+2/p-2. The molecule has 0 saturated heterocycles. The van der Waals surface area contributed by atoms with Gasteiger partial charge in [0.05, 0.1) is 0 Å². The summed E-state index contributed by atoms with van der Waals surface area (Å²) in [5.41, 5.74) is 9.27. The van der Waals surface area contributed by atoms with Crippen molar-refractivity contribution in [2.24, 2.45) is 0 Å². The first-order valence-corrected chi connectivity index (χ1v) is 11.9. The molecule has 0 N–H and O–H groups in total. The van der Waals surface area contributed by atoms with Gasteiger partial charge in [0, 0.05) is 0 Å². The molecule has 3 aliphatic rings. The molecule has 1 heterocycles.